The van der Waals surface area contributed by atoms with Crippen LogP contribution in [0.3, 0.4) is 0 Å². The molecular weight excluding hydrogens is 608 g/mol. The maximum atomic E-state index is 13.2. The highest BCUT2D eigenvalue weighted by atomic mass is 31.3. The minimum atomic E-state index is -4.09. The van der Waals surface area contributed by atoms with Crippen molar-refractivity contribution in [3.63, 3.8) is 0 Å². The van der Waals surface area contributed by atoms with Gasteiger partial charge in [0.05, 0.1) is 19.3 Å². The van der Waals surface area contributed by atoms with Crippen molar-refractivity contribution < 1.29 is 47.0 Å². The number of carbonyl (C=O) groups is 1. The van der Waals surface area contributed by atoms with Gasteiger partial charge in [-0.05, 0) is 66.7 Å². The number of nitrogens with two attached hydrogens (primary N) is 1. The standard InChI is InChI=1S/C31H57NO10P2/c1-9-10-11-18-26(34)25(6)39-30-28(32)31(40-27(21-33)29(30)35)41-44(8,37)42-43(7,36)38-20-19-24(5)17-13-16-23(4)15-12-14-22(2)3/h14,16,19,25,27-31,33,35H,9-13,15,17-18,20-21,32H2,1-8H3/b23-16+,24-19-. The Morgan fingerprint density at radius 2 is 1.59 bits per heavy atom. The van der Waals surface area contributed by atoms with Crippen LogP contribution in [0.15, 0.2) is 34.9 Å². The van der Waals surface area contributed by atoms with E-state index in [-0.39, 0.29) is 12.4 Å². The molecule has 1 heterocycles. The number of ether oxygens (including phenoxy) is 2. The van der Waals surface area contributed by atoms with Crippen LogP contribution in [0.4, 0.5) is 0 Å². The minimum Gasteiger partial charge on any atom is -0.394 e. The van der Waals surface area contributed by atoms with Crippen LogP contribution in [0.5, 0.6) is 0 Å². The van der Waals surface area contributed by atoms with Gasteiger partial charge in [-0.3, -0.25) is 18.4 Å². The predicted molar refractivity (Wildman–Crippen MR) is 174 cm³/mol. The fourth-order valence-corrected chi connectivity index (χ4v) is 7.98. The summed E-state index contributed by atoms with van der Waals surface area (Å²) in [4.78, 5) is 12.5. The van der Waals surface area contributed by atoms with Crippen LogP contribution in [-0.2, 0) is 36.8 Å². The summed E-state index contributed by atoms with van der Waals surface area (Å²) in [5.74, 6) is -0.151. The molecule has 0 amide bonds. The number of aliphatic hydroxyl groups is 2. The summed E-state index contributed by atoms with van der Waals surface area (Å²) in [6.07, 6.45) is 6.80. The molecule has 1 fully saturated rings. The first-order chi connectivity index (χ1) is 20.5. The molecule has 1 saturated heterocycles. The van der Waals surface area contributed by atoms with Crippen LogP contribution in [0.1, 0.15) is 92.9 Å². The Balaban J connectivity index is 2.73. The van der Waals surface area contributed by atoms with Crippen molar-refractivity contribution in [3.8, 4) is 0 Å². The molecule has 0 bridgehead atoms. The molecule has 0 aliphatic carbocycles. The van der Waals surface area contributed by atoms with Crippen molar-refractivity contribution in [2.24, 2.45) is 5.73 Å². The van der Waals surface area contributed by atoms with Crippen LogP contribution in [0, 0.1) is 0 Å². The molecular formula is C31H57NO10P2. The first-order valence-electron chi connectivity index (χ1n) is 15.5. The zero-order valence-corrected chi connectivity index (χ0v) is 29.7. The molecule has 0 radical (unpaired) electrons. The highest BCUT2D eigenvalue weighted by Gasteiger charge is 2.48. The normalized spacial score (nSPS) is 26.5. The minimum absolute atomic E-state index is 0.0127. The summed E-state index contributed by atoms with van der Waals surface area (Å²) in [6.45, 7) is 13.5. The third-order valence-electron chi connectivity index (χ3n) is 7.20. The molecule has 13 heteroatoms. The van der Waals surface area contributed by atoms with Gasteiger partial charge >= 0.3 is 15.2 Å². The fraction of sp³-hybridized carbons (Fsp3) is 0.774. The molecule has 4 N–H and O–H groups in total. The molecule has 256 valence electrons. The molecule has 0 aromatic heterocycles. The average molecular weight is 666 g/mol. The first kappa shape index (κ1) is 41.1. The van der Waals surface area contributed by atoms with Gasteiger partial charge in [-0.1, -0.05) is 54.7 Å². The molecule has 0 aromatic carbocycles. The molecule has 8 unspecified atom stereocenters. The lowest BCUT2D eigenvalue weighted by Crippen LogP contribution is -2.64. The largest absolute Gasteiger partial charge is 0.394 e. The van der Waals surface area contributed by atoms with Crippen molar-refractivity contribution >= 4 is 21.0 Å². The number of ketones is 1. The quantitative estimate of drug-likeness (QED) is 0.0703. The monoisotopic (exact) mass is 665 g/mol. The summed E-state index contributed by atoms with van der Waals surface area (Å²) in [6, 6.07) is -1.21. The van der Waals surface area contributed by atoms with Gasteiger partial charge in [-0.15, -0.1) is 0 Å². The van der Waals surface area contributed by atoms with E-state index >= 15 is 0 Å². The topological polar surface area (TPSA) is 164 Å². The Morgan fingerprint density at radius 3 is 2.18 bits per heavy atom. The summed E-state index contributed by atoms with van der Waals surface area (Å²) in [5, 5.41) is 20.4. The zero-order valence-electron chi connectivity index (χ0n) is 27.9. The summed E-state index contributed by atoms with van der Waals surface area (Å²) in [5.41, 5.74) is 9.96. The van der Waals surface area contributed by atoms with E-state index in [9.17, 15) is 24.1 Å². The number of hydrogen-bond acceptors (Lipinski definition) is 11. The predicted octanol–water partition coefficient (Wildman–Crippen LogP) is 6.43. The Kier molecular flexibility index (Phi) is 18.9. The van der Waals surface area contributed by atoms with E-state index in [0.29, 0.717) is 6.42 Å². The maximum Gasteiger partial charge on any atom is 0.337 e. The Hall–Kier alpha value is -0.970. The average Bonchev–Trinajstić information content (AvgIpc) is 2.91. The Morgan fingerprint density at radius 1 is 0.977 bits per heavy atom. The molecule has 8 atom stereocenters. The molecule has 44 heavy (non-hydrogen) atoms. The second kappa shape index (κ2) is 20.3. The molecule has 0 saturated carbocycles. The number of Topliss-reactive ketones (excluding diaryl/α,β-unsaturated/α-hetero) is 1. The number of rotatable bonds is 21. The van der Waals surface area contributed by atoms with Gasteiger partial charge in [-0.2, -0.15) is 0 Å². The van der Waals surface area contributed by atoms with Crippen LogP contribution >= 0.6 is 15.2 Å². The molecule has 11 nitrogen and oxygen atoms in total. The number of carbonyl (C=O) groups excluding carboxylic acids is 1. The molecule has 1 aliphatic heterocycles. The van der Waals surface area contributed by atoms with E-state index in [1.165, 1.54) is 17.8 Å². The van der Waals surface area contributed by atoms with E-state index in [2.05, 4.69) is 32.9 Å². The third-order valence-corrected chi connectivity index (χ3v) is 10.8. The lowest BCUT2D eigenvalue weighted by atomic mass is 9.97. The van der Waals surface area contributed by atoms with Crippen LogP contribution in [0.2, 0.25) is 0 Å². The van der Waals surface area contributed by atoms with Crippen LogP contribution in [0.25, 0.3) is 0 Å². The van der Waals surface area contributed by atoms with E-state index < -0.39 is 58.5 Å². The lowest BCUT2D eigenvalue weighted by molar-refractivity contribution is -0.254. The molecule has 1 rings (SSSR count). The van der Waals surface area contributed by atoms with Crippen molar-refractivity contribution in [1.29, 1.82) is 0 Å². The van der Waals surface area contributed by atoms with Gasteiger partial charge in [-0.25, -0.2) is 4.31 Å². The SMILES string of the molecule is CCCCCC(=O)C(C)OC1C(N)C(OP(C)(=O)OP(C)(=O)OC/C=C(/C)CC/C=C(\C)CCC=C(C)C)OC(CO)C1O. The Bertz CT molecular complexity index is 1070. The number of unbranched alkanes of at least 4 members (excludes halogenated alkanes) is 2. The van der Waals surface area contributed by atoms with Crippen LogP contribution in [-0.4, -0.2) is 79.3 Å². The second-order valence-corrected chi connectivity index (χ2v) is 16.2. The molecule has 0 spiro atoms. The fourth-order valence-electron chi connectivity index (χ4n) is 4.57. The van der Waals surface area contributed by atoms with Gasteiger partial charge < -0.3 is 29.9 Å². The van der Waals surface area contributed by atoms with Gasteiger partial charge in [0.2, 0.25) is 0 Å². The smallest absolute Gasteiger partial charge is 0.337 e. The van der Waals surface area contributed by atoms with Crippen molar-refractivity contribution in [2.45, 2.75) is 130 Å². The number of hydrogen-bond donors (Lipinski definition) is 3. The summed E-state index contributed by atoms with van der Waals surface area (Å²) in [7, 11) is -7.93. The number of aliphatic hydroxyl groups excluding tert-OH is 2. The van der Waals surface area contributed by atoms with Crippen molar-refractivity contribution in [1.82, 2.24) is 0 Å². The zero-order chi connectivity index (χ0) is 33.5. The van der Waals surface area contributed by atoms with Crippen molar-refractivity contribution in [2.75, 3.05) is 26.5 Å². The van der Waals surface area contributed by atoms with E-state index in [0.717, 1.165) is 57.2 Å². The molecule has 1 aliphatic rings. The highest BCUT2D eigenvalue weighted by molar-refractivity contribution is 7.66. The Labute approximate surface area is 264 Å². The molecule has 0 aromatic rings. The van der Waals surface area contributed by atoms with Crippen molar-refractivity contribution in [3.05, 3.63) is 34.9 Å². The van der Waals surface area contributed by atoms with Gasteiger partial charge in [0, 0.05) is 19.8 Å². The lowest BCUT2D eigenvalue weighted by Gasteiger charge is -2.43. The van der Waals surface area contributed by atoms with E-state index in [4.69, 9.17) is 28.6 Å². The van der Waals surface area contributed by atoms with Gasteiger partial charge in [0.25, 0.3) is 0 Å². The summed E-state index contributed by atoms with van der Waals surface area (Å²) >= 11 is 0. The third kappa shape index (κ3) is 16.0. The first-order valence-corrected chi connectivity index (χ1v) is 19.5. The summed E-state index contributed by atoms with van der Waals surface area (Å²) < 4.78 is 53.8. The van der Waals surface area contributed by atoms with Gasteiger partial charge in [0.1, 0.15) is 24.4 Å². The maximum absolute atomic E-state index is 13.2. The van der Waals surface area contributed by atoms with Crippen LogP contribution < -0.4 is 5.73 Å². The van der Waals surface area contributed by atoms with E-state index in [1.807, 2.05) is 13.8 Å². The van der Waals surface area contributed by atoms with Gasteiger partial charge in [0.15, 0.2) is 12.1 Å². The second-order valence-electron chi connectivity index (χ2n) is 11.9. The highest BCUT2D eigenvalue weighted by Crippen LogP contribution is 2.62. The van der Waals surface area contributed by atoms with E-state index in [1.54, 1.807) is 13.0 Å². The number of allylic oxidation sites excluding steroid dienone is 5.